The van der Waals surface area contributed by atoms with Crippen molar-refractivity contribution in [2.45, 2.75) is 26.3 Å². The first-order valence-electron chi connectivity index (χ1n) is 10.1. The van der Waals surface area contributed by atoms with Gasteiger partial charge in [-0.2, -0.15) is 0 Å². The van der Waals surface area contributed by atoms with Crippen LogP contribution in [0.2, 0.25) is 0 Å². The molecule has 0 radical (unpaired) electrons. The molecule has 0 aliphatic carbocycles. The van der Waals surface area contributed by atoms with Crippen molar-refractivity contribution in [2.75, 3.05) is 13.7 Å². The Kier molecular flexibility index (Phi) is 7.27. The standard InChI is InChI=1S/C24H29N3O3/c1-16(2)21(22-15-26-23-12-19(30-3)9-10-20(22)23)14-25-13-18-6-4-17(5-7-18)8-11-24(28)27-29/h4-12,15-16,21,25-26,29H,13-14H2,1-3H3,(H,27,28). The molecule has 6 nitrogen and oxygen atoms in total. The minimum Gasteiger partial charge on any atom is -0.497 e. The van der Waals surface area contributed by atoms with Gasteiger partial charge < -0.3 is 15.0 Å². The number of methoxy groups -OCH3 is 1. The molecule has 1 aromatic heterocycles. The second kappa shape index (κ2) is 10.1. The third-order valence-electron chi connectivity index (χ3n) is 5.34. The molecule has 2 aromatic carbocycles. The third kappa shape index (κ3) is 5.28. The van der Waals surface area contributed by atoms with E-state index >= 15 is 0 Å². The number of carbonyl (C=O) groups excluding carboxylic acids is 1. The molecule has 1 heterocycles. The fourth-order valence-corrected chi connectivity index (χ4v) is 3.59. The summed E-state index contributed by atoms with van der Waals surface area (Å²) in [5, 5.41) is 13.3. The maximum Gasteiger partial charge on any atom is 0.267 e. The maximum absolute atomic E-state index is 11.1. The number of H-pyrrole nitrogens is 1. The lowest BCUT2D eigenvalue weighted by atomic mass is 9.88. The van der Waals surface area contributed by atoms with E-state index in [0.717, 1.165) is 29.9 Å². The number of carbonyl (C=O) groups is 1. The second-order valence-electron chi connectivity index (χ2n) is 7.69. The number of hydroxylamine groups is 1. The van der Waals surface area contributed by atoms with Crippen LogP contribution in [-0.4, -0.2) is 29.8 Å². The van der Waals surface area contributed by atoms with E-state index in [2.05, 4.69) is 36.4 Å². The quantitative estimate of drug-likeness (QED) is 0.243. The molecule has 1 unspecified atom stereocenters. The number of aromatic amines is 1. The van der Waals surface area contributed by atoms with E-state index in [1.165, 1.54) is 22.6 Å². The summed E-state index contributed by atoms with van der Waals surface area (Å²) >= 11 is 0. The lowest BCUT2D eigenvalue weighted by Gasteiger charge is -2.21. The average Bonchev–Trinajstić information content (AvgIpc) is 3.18. The number of hydrogen-bond donors (Lipinski definition) is 4. The van der Waals surface area contributed by atoms with Crippen LogP contribution in [-0.2, 0) is 11.3 Å². The Morgan fingerprint density at radius 1 is 1.20 bits per heavy atom. The van der Waals surface area contributed by atoms with E-state index in [-0.39, 0.29) is 0 Å². The number of rotatable bonds is 9. The topological polar surface area (TPSA) is 86.4 Å². The van der Waals surface area contributed by atoms with Gasteiger partial charge in [-0.1, -0.05) is 38.1 Å². The molecule has 30 heavy (non-hydrogen) atoms. The molecule has 3 rings (SSSR count). The number of nitrogens with one attached hydrogen (secondary N) is 3. The normalized spacial score (nSPS) is 12.6. The first-order chi connectivity index (χ1) is 14.5. The largest absolute Gasteiger partial charge is 0.497 e. The van der Waals surface area contributed by atoms with Crippen molar-refractivity contribution in [3.63, 3.8) is 0 Å². The highest BCUT2D eigenvalue weighted by molar-refractivity contribution is 5.90. The number of hydrogen-bond acceptors (Lipinski definition) is 4. The molecule has 4 N–H and O–H groups in total. The van der Waals surface area contributed by atoms with Gasteiger partial charge in [0.15, 0.2) is 0 Å². The smallest absolute Gasteiger partial charge is 0.267 e. The number of amides is 1. The monoisotopic (exact) mass is 407 g/mol. The minimum absolute atomic E-state index is 0.381. The Morgan fingerprint density at radius 3 is 2.63 bits per heavy atom. The molecule has 1 amide bonds. The van der Waals surface area contributed by atoms with Crippen molar-refractivity contribution in [2.24, 2.45) is 5.92 Å². The summed E-state index contributed by atoms with van der Waals surface area (Å²) in [6.07, 6.45) is 5.06. The van der Waals surface area contributed by atoms with Crippen LogP contribution in [0.5, 0.6) is 5.75 Å². The zero-order valence-electron chi connectivity index (χ0n) is 17.6. The molecule has 0 aliphatic heterocycles. The predicted octanol–water partition coefficient (Wildman–Crippen LogP) is 4.22. The highest BCUT2D eigenvalue weighted by Gasteiger charge is 2.19. The van der Waals surface area contributed by atoms with Crippen LogP contribution in [0.4, 0.5) is 0 Å². The van der Waals surface area contributed by atoms with Gasteiger partial charge in [-0.25, -0.2) is 5.48 Å². The van der Waals surface area contributed by atoms with Crippen molar-refractivity contribution < 1.29 is 14.7 Å². The molecule has 0 bridgehead atoms. The summed E-state index contributed by atoms with van der Waals surface area (Å²) < 4.78 is 5.33. The fourth-order valence-electron chi connectivity index (χ4n) is 3.59. The maximum atomic E-state index is 11.1. The summed E-state index contributed by atoms with van der Waals surface area (Å²) in [5.41, 5.74) is 6.06. The van der Waals surface area contributed by atoms with Crippen molar-refractivity contribution in [3.8, 4) is 5.75 Å². The van der Waals surface area contributed by atoms with E-state index in [1.807, 2.05) is 36.4 Å². The van der Waals surface area contributed by atoms with Gasteiger partial charge in [0.05, 0.1) is 7.11 Å². The lowest BCUT2D eigenvalue weighted by Crippen LogP contribution is -2.24. The molecule has 6 heteroatoms. The molecule has 0 spiro atoms. The summed E-state index contributed by atoms with van der Waals surface area (Å²) in [5.74, 6) is 1.18. The highest BCUT2D eigenvalue weighted by Crippen LogP contribution is 2.32. The Hall–Kier alpha value is -3.09. The molecule has 158 valence electrons. The van der Waals surface area contributed by atoms with Gasteiger partial charge in [-0.3, -0.25) is 10.0 Å². The summed E-state index contributed by atoms with van der Waals surface area (Å²) in [6, 6.07) is 14.1. The zero-order chi connectivity index (χ0) is 21.5. The first-order valence-corrected chi connectivity index (χ1v) is 10.1. The average molecular weight is 408 g/mol. The molecule has 0 saturated carbocycles. The number of fused-ring (bicyclic) bond motifs is 1. The molecule has 0 fully saturated rings. The molecule has 0 saturated heterocycles. The number of aromatic nitrogens is 1. The van der Waals surface area contributed by atoms with Gasteiger partial charge in [0, 0.05) is 48.2 Å². The molecule has 1 atom stereocenters. The Balaban J connectivity index is 1.63. The molecule has 3 aromatic rings. The highest BCUT2D eigenvalue weighted by atomic mass is 16.5. The zero-order valence-corrected chi connectivity index (χ0v) is 17.6. The van der Waals surface area contributed by atoms with E-state index < -0.39 is 5.91 Å². The van der Waals surface area contributed by atoms with Gasteiger partial charge in [-0.05, 0) is 40.8 Å². The van der Waals surface area contributed by atoms with Crippen molar-refractivity contribution in [1.82, 2.24) is 15.8 Å². The van der Waals surface area contributed by atoms with Crippen LogP contribution < -0.4 is 15.5 Å². The second-order valence-corrected chi connectivity index (χ2v) is 7.69. The molecular weight excluding hydrogens is 378 g/mol. The fraction of sp³-hybridized carbons (Fsp3) is 0.292. The van der Waals surface area contributed by atoms with E-state index in [9.17, 15) is 4.79 Å². The molecule has 0 aliphatic rings. The van der Waals surface area contributed by atoms with Crippen molar-refractivity contribution in [1.29, 1.82) is 0 Å². The van der Waals surface area contributed by atoms with Crippen molar-refractivity contribution in [3.05, 3.63) is 71.4 Å². The SMILES string of the molecule is COc1ccc2c(C(CNCc3ccc(C=CC(=O)NO)cc3)C(C)C)c[nH]c2c1. The summed E-state index contributed by atoms with van der Waals surface area (Å²) in [4.78, 5) is 14.4. The van der Waals surface area contributed by atoms with Crippen LogP contribution >= 0.6 is 0 Å². The van der Waals surface area contributed by atoms with Gasteiger partial charge >= 0.3 is 0 Å². The van der Waals surface area contributed by atoms with E-state index in [0.29, 0.717) is 11.8 Å². The number of benzene rings is 2. The van der Waals surface area contributed by atoms with Gasteiger partial charge in [0.1, 0.15) is 5.75 Å². The van der Waals surface area contributed by atoms with Crippen LogP contribution in [0.15, 0.2) is 54.7 Å². The Bertz CT molecular complexity index is 1010. The van der Waals surface area contributed by atoms with Crippen molar-refractivity contribution >= 4 is 22.9 Å². The van der Waals surface area contributed by atoms with Crippen LogP contribution in [0.25, 0.3) is 17.0 Å². The van der Waals surface area contributed by atoms with Gasteiger partial charge in [0.25, 0.3) is 5.91 Å². The van der Waals surface area contributed by atoms with Crippen LogP contribution in [0, 0.1) is 5.92 Å². The van der Waals surface area contributed by atoms with Gasteiger partial charge in [-0.15, -0.1) is 0 Å². The third-order valence-corrected chi connectivity index (χ3v) is 5.34. The summed E-state index contributed by atoms with van der Waals surface area (Å²) in [7, 11) is 1.68. The predicted molar refractivity (Wildman–Crippen MR) is 120 cm³/mol. The Labute approximate surface area is 176 Å². The van der Waals surface area contributed by atoms with Crippen LogP contribution in [0.1, 0.15) is 36.5 Å². The van der Waals surface area contributed by atoms with Gasteiger partial charge in [0.2, 0.25) is 0 Å². The first kappa shape index (κ1) is 21.6. The molecular formula is C24H29N3O3. The number of ether oxygens (including phenoxy) is 1. The van der Waals surface area contributed by atoms with Crippen LogP contribution in [0.3, 0.4) is 0 Å². The van der Waals surface area contributed by atoms with E-state index in [1.54, 1.807) is 18.7 Å². The lowest BCUT2D eigenvalue weighted by molar-refractivity contribution is -0.124. The van der Waals surface area contributed by atoms with E-state index in [4.69, 9.17) is 9.94 Å². The minimum atomic E-state index is -0.545. The Morgan fingerprint density at radius 2 is 1.97 bits per heavy atom. The summed E-state index contributed by atoms with van der Waals surface area (Å²) in [6.45, 7) is 6.13.